The van der Waals surface area contributed by atoms with E-state index in [9.17, 15) is 9.90 Å². The molecule has 2 heterocycles. The predicted octanol–water partition coefficient (Wildman–Crippen LogP) is 0.147. The van der Waals surface area contributed by atoms with Crippen molar-refractivity contribution >= 4 is 5.91 Å². The van der Waals surface area contributed by atoms with Crippen molar-refractivity contribution in [2.24, 2.45) is 0 Å². The summed E-state index contributed by atoms with van der Waals surface area (Å²) in [6.45, 7) is 5.45. The van der Waals surface area contributed by atoms with Gasteiger partial charge < -0.3 is 14.9 Å². The molecular weight excluding hydrogens is 222 g/mol. The van der Waals surface area contributed by atoms with Crippen LogP contribution in [0.25, 0.3) is 0 Å². The van der Waals surface area contributed by atoms with E-state index in [1.165, 1.54) is 4.90 Å². The molecule has 0 aromatic carbocycles. The van der Waals surface area contributed by atoms with Crippen molar-refractivity contribution in [1.82, 2.24) is 4.90 Å². The van der Waals surface area contributed by atoms with Crippen molar-refractivity contribution in [3.8, 4) is 0 Å². The van der Waals surface area contributed by atoms with Gasteiger partial charge in [-0.2, -0.15) is 0 Å². The molecule has 0 aliphatic carbocycles. The average molecular weight is 239 g/mol. The summed E-state index contributed by atoms with van der Waals surface area (Å²) >= 11 is 0. The van der Waals surface area contributed by atoms with Crippen LogP contribution in [-0.4, -0.2) is 46.1 Å². The van der Waals surface area contributed by atoms with Gasteiger partial charge in [-0.05, 0) is 18.1 Å². The molecule has 1 saturated heterocycles. The maximum absolute atomic E-state index is 11.8. The maximum atomic E-state index is 11.8. The van der Waals surface area contributed by atoms with Crippen LogP contribution in [0.15, 0.2) is 23.9 Å². The summed E-state index contributed by atoms with van der Waals surface area (Å²) in [5.74, 6) is -0.0867. The SMILES string of the molecule is C=C1CC(=O)N([C@@H]2C[C@@H](O)[C@H](CO)O2)C=C1C. The second kappa shape index (κ2) is 4.60. The molecule has 5 heteroatoms. The molecule has 0 spiro atoms. The zero-order valence-corrected chi connectivity index (χ0v) is 9.80. The fourth-order valence-electron chi connectivity index (χ4n) is 2.08. The molecular formula is C12H17NO4. The molecule has 1 fully saturated rings. The summed E-state index contributed by atoms with van der Waals surface area (Å²) in [5.41, 5.74) is 1.75. The van der Waals surface area contributed by atoms with Gasteiger partial charge in [0.1, 0.15) is 12.3 Å². The van der Waals surface area contributed by atoms with Gasteiger partial charge in [0.05, 0.1) is 19.1 Å². The van der Waals surface area contributed by atoms with Crippen LogP contribution < -0.4 is 0 Å². The van der Waals surface area contributed by atoms with Crippen LogP contribution in [0.1, 0.15) is 19.8 Å². The number of aliphatic hydroxyl groups excluding tert-OH is 2. The first-order valence-electron chi connectivity index (χ1n) is 5.65. The van der Waals surface area contributed by atoms with Gasteiger partial charge in [0.2, 0.25) is 5.91 Å². The van der Waals surface area contributed by atoms with Gasteiger partial charge >= 0.3 is 0 Å². The Morgan fingerprint density at radius 2 is 2.35 bits per heavy atom. The molecule has 2 N–H and O–H groups in total. The van der Waals surface area contributed by atoms with E-state index >= 15 is 0 Å². The highest BCUT2D eigenvalue weighted by Crippen LogP contribution is 2.28. The topological polar surface area (TPSA) is 70.0 Å². The highest BCUT2D eigenvalue weighted by Gasteiger charge is 2.39. The van der Waals surface area contributed by atoms with Crippen LogP contribution in [0.3, 0.4) is 0 Å². The molecule has 0 saturated carbocycles. The van der Waals surface area contributed by atoms with Crippen LogP contribution >= 0.6 is 0 Å². The quantitative estimate of drug-likeness (QED) is 0.719. The molecule has 1 amide bonds. The van der Waals surface area contributed by atoms with Crippen LogP contribution in [0, 0.1) is 0 Å². The minimum Gasteiger partial charge on any atom is -0.394 e. The van der Waals surface area contributed by atoms with E-state index in [2.05, 4.69) is 6.58 Å². The zero-order valence-electron chi connectivity index (χ0n) is 9.80. The zero-order chi connectivity index (χ0) is 12.6. The van der Waals surface area contributed by atoms with E-state index in [-0.39, 0.29) is 18.9 Å². The van der Waals surface area contributed by atoms with Crippen molar-refractivity contribution in [1.29, 1.82) is 0 Å². The minimum absolute atomic E-state index is 0.0867. The molecule has 94 valence electrons. The standard InChI is InChI=1S/C12H17NO4/c1-7-3-11(16)13(5-8(7)2)12-4-9(15)10(6-14)17-12/h5,9-10,12,14-15H,1,3-4,6H2,2H3/t9-,10+,12+/m1/s1. The van der Waals surface area contributed by atoms with Crippen molar-refractivity contribution < 1.29 is 19.7 Å². The molecule has 2 aliphatic heterocycles. The Bertz CT molecular complexity index is 377. The minimum atomic E-state index is -0.725. The lowest BCUT2D eigenvalue weighted by Gasteiger charge is -2.30. The third-order valence-corrected chi connectivity index (χ3v) is 3.24. The number of hydrogen-bond donors (Lipinski definition) is 2. The third-order valence-electron chi connectivity index (χ3n) is 3.24. The smallest absolute Gasteiger partial charge is 0.233 e. The van der Waals surface area contributed by atoms with Gasteiger partial charge in [-0.25, -0.2) is 0 Å². The van der Waals surface area contributed by atoms with Crippen molar-refractivity contribution in [3.63, 3.8) is 0 Å². The van der Waals surface area contributed by atoms with Crippen LogP contribution in [0.2, 0.25) is 0 Å². The van der Waals surface area contributed by atoms with Crippen LogP contribution in [0.4, 0.5) is 0 Å². The highest BCUT2D eigenvalue weighted by atomic mass is 16.5. The van der Waals surface area contributed by atoms with E-state index in [1.54, 1.807) is 6.20 Å². The number of carbonyl (C=O) groups excluding carboxylic acids is 1. The number of amides is 1. The third kappa shape index (κ3) is 2.26. The summed E-state index contributed by atoms with van der Waals surface area (Å²) in [6, 6.07) is 0. The number of aliphatic hydroxyl groups is 2. The molecule has 17 heavy (non-hydrogen) atoms. The van der Waals surface area contributed by atoms with Gasteiger partial charge in [-0.1, -0.05) is 6.58 Å². The lowest BCUT2D eigenvalue weighted by Crippen LogP contribution is -2.39. The summed E-state index contributed by atoms with van der Waals surface area (Å²) in [4.78, 5) is 13.3. The van der Waals surface area contributed by atoms with Crippen LogP contribution in [0.5, 0.6) is 0 Å². The molecule has 0 bridgehead atoms. The van der Waals surface area contributed by atoms with Gasteiger partial charge in [0, 0.05) is 12.6 Å². The number of nitrogens with zero attached hydrogens (tertiary/aromatic N) is 1. The Labute approximate surface area is 100.0 Å². The first-order valence-corrected chi connectivity index (χ1v) is 5.65. The van der Waals surface area contributed by atoms with Crippen molar-refractivity contribution in [3.05, 3.63) is 23.9 Å². The normalized spacial score (nSPS) is 34.2. The average Bonchev–Trinajstić information content (AvgIpc) is 2.65. The van der Waals surface area contributed by atoms with Gasteiger partial charge in [-0.15, -0.1) is 0 Å². The van der Waals surface area contributed by atoms with E-state index in [1.807, 2.05) is 6.92 Å². The molecule has 0 aromatic heterocycles. The first kappa shape index (κ1) is 12.3. The Morgan fingerprint density at radius 3 is 2.94 bits per heavy atom. The summed E-state index contributed by atoms with van der Waals surface area (Å²) in [7, 11) is 0. The Hall–Kier alpha value is -1.17. The fraction of sp³-hybridized carbons (Fsp3) is 0.583. The largest absolute Gasteiger partial charge is 0.394 e. The van der Waals surface area contributed by atoms with E-state index in [4.69, 9.17) is 9.84 Å². The maximum Gasteiger partial charge on any atom is 0.233 e. The molecule has 0 aromatic rings. The van der Waals surface area contributed by atoms with Crippen molar-refractivity contribution in [2.45, 2.75) is 38.2 Å². The summed E-state index contributed by atoms with van der Waals surface area (Å²) < 4.78 is 5.45. The van der Waals surface area contributed by atoms with Gasteiger partial charge in [0.15, 0.2) is 0 Å². The van der Waals surface area contributed by atoms with E-state index < -0.39 is 18.4 Å². The number of ether oxygens (including phenoxy) is 1. The van der Waals surface area contributed by atoms with E-state index in [0.29, 0.717) is 6.42 Å². The molecule has 2 aliphatic rings. The monoisotopic (exact) mass is 239 g/mol. The molecule has 2 rings (SSSR count). The van der Waals surface area contributed by atoms with E-state index in [0.717, 1.165) is 11.1 Å². The fourth-order valence-corrected chi connectivity index (χ4v) is 2.08. The van der Waals surface area contributed by atoms with Gasteiger partial charge in [0.25, 0.3) is 0 Å². The number of rotatable bonds is 2. The molecule has 5 nitrogen and oxygen atoms in total. The molecule has 0 unspecified atom stereocenters. The number of allylic oxidation sites excluding steroid dienone is 1. The predicted molar refractivity (Wildman–Crippen MR) is 60.7 cm³/mol. The summed E-state index contributed by atoms with van der Waals surface area (Å²) in [6.07, 6.45) is 0.488. The van der Waals surface area contributed by atoms with Crippen LogP contribution in [-0.2, 0) is 9.53 Å². The highest BCUT2D eigenvalue weighted by molar-refractivity contribution is 5.82. The Balaban J connectivity index is 2.13. The van der Waals surface area contributed by atoms with Crippen molar-refractivity contribution in [2.75, 3.05) is 6.61 Å². The first-order chi connectivity index (χ1) is 8.02. The number of hydrogen-bond acceptors (Lipinski definition) is 4. The Kier molecular flexibility index (Phi) is 3.33. The molecule has 0 radical (unpaired) electrons. The van der Waals surface area contributed by atoms with Gasteiger partial charge in [-0.3, -0.25) is 9.69 Å². The molecule has 3 atom stereocenters. The Morgan fingerprint density at radius 1 is 1.65 bits per heavy atom. The second-order valence-corrected chi connectivity index (χ2v) is 4.51. The number of carbonyl (C=O) groups is 1. The summed E-state index contributed by atoms with van der Waals surface area (Å²) in [5, 5.41) is 18.6. The lowest BCUT2D eigenvalue weighted by molar-refractivity contribution is -0.140. The lowest BCUT2D eigenvalue weighted by atomic mass is 10.0. The second-order valence-electron chi connectivity index (χ2n) is 4.51.